The lowest BCUT2D eigenvalue weighted by atomic mass is 10.1. The van der Waals surface area contributed by atoms with Crippen LogP contribution in [0.2, 0.25) is 0 Å². The summed E-state index contributed by atoms with van der Waals surface area (Å²) in [7, 11) is 1.62. The zero-order valence-corrected chi connectivity index (χ0v) is 11.9. The number of hydrogen-bond donors (Lipinski definition) is 4. The summed E-state index contributed by atoms with van der Waals surface area (Å²) in [4.78, 5) is 22.5. The van der Waals surface area contributed by atoms with E-state index in [2.05, 4.69) is 0 Å². The Balaban J connectivity index is 2.19. The zero-order valence-electron chi connectivity index (χ0n) is 11.9. The van der Waals surface area contributed by atoms with E-state index in [-0.39, 0.29) is 6.04 Å². The number of likely N-dealkylation sites (N-methyl/N-ethyl adjacent to an activating group) is 1. The zero-order chi connectivity index (χ0) is 16.4. The molecule has 1 aliphatic carbocycles. The van der Waals surface area contributed by atoms with Gasteiger partial charge in [-0.05, 0) is 17.5 Å². The number of carboxylic acid groups (broad SMARTS) is 1. The summed E-state index contributed by atoms with van der Waals surface area (Å²) in [6.07, 6.45) is -4.58. The smallest absolute Gasteiger partial charge is 0.339 e. The van der Waals surface area contributed by atoms with Gasteiger partial charge in [-0.25, -0.2) is 14.6 Å². The van der Waals surface area contributed by atoms with E-state index in [1.54, 1.807) is 19.2 Å². The first kappa shape index (κ1) is 16.4. The van der Waals surface area contributed by atoms with Crippen LogP contribution in [0.1, 0.15) is 17.2 Å². The number of benzene rings is 1. The molecule has 0 aromatic heterocycles. The number of hydrogen-bond acceptors (Lipinski definition) is 7. The molecule has 0 saturated heterocycles. The number of aliphatic hydroxyl groups excluding tert-OH is 2. The number of carbonyl (C=O) groups excluding carboxylic acids is 1. The van der Waals surface area contributed by atoms with Crippen LogP contribution in [-0.2, 0) is 20.7 Å². The van der Waals surface area contributed by atoms with Crippen molar-refractivity contribution in [1.29, 1.82) is 0 Å². The number of esters is 1. The summed E-state index contributed by atoms with van der Waals surface area (Å²) >= 11 is 0. The third kappa shape index (κ3) is 3.09. The summed E-state index contributed by atoms with van der Waals surface area (Å²) in [6.45, 7) is 0. The maximum atomic E-state index is 11.9. The molecule has 22 heavy (non-hydrogen) atoms. The second-order valence-electron chi connectivity index (χ2n) is 5.22. The van der Waals surface area contributed by atoms with E-state index < -0.39 is 30.3 Å². The van der Waals surface area contributed by atoms with Crippen LogP contribution in [0.4, 0.5) is 0 Å². The molecule has 1 aliphatic rings. The molecule has 0 spiro atoms. The standard InChI is InChI=1S/C14H18N2O6/c1-16(15)9-6-7-4-2-3-5-8(7)12(9)22-14(21)11(18)10(17)13(19)20/h2-5,9-12,17-18H,6,15H2,1H3,(H,19,20)/t9-,10-,11-,12-/m1/s1. The molecule has 0 radical (unpaired) electrons. The monoisotopic (exact) mass is 310 g/mol. The molecule has 4 atom stereocenters. The third-order valence-corrected chi connectivity index (χ3v) is 3.70. The van der Waals surface area contributed by atoms with E-state index in [1.165, 1.54) is 5.01 Å². The highest BCUT2D eigenvalue weighted by Crippen LogP contribution is 2.36. The molecule has 1 aromatic rings. The van der Waals surface area contributed by atoms with E-state index in [0.717, 1.165) is 11.1 Å². The molecule has 0 amide bonds. The Bertz CT molecular complexity index is 576. The van der Waals surface area contributed by atoms with Crippen molar-refractivity contribution in [3.63, 3.8) is 0 Å². The SMILES string of the molecule is CN(N)[C@@H]1Cc2ccccc2[C@H]1OC(=O)[C@H](O)[C@@H](O)C(=O)O. The van der Waals surface area contributed by atoms with Crippen molar-refractivity contribution in [3.05, 3.63) is 35.4 Å². The van der Waals surface area contributed by atoms with Gasteiger partial charge in [0.15, 0.2) is 12.2 Å². The molecule has 0 unspecified atom stereocenters. The predicted octanol–water partition coefficient (Wildman–Crippen LogP) is -1.19. The van der Waals surface area contributed by atoms with Crippen LogP contribution in [-0.4, -0.2) is 57.6 Å². The van der Waals surface area contributed by atoms with Gasteiger partial charge in [0.05, 0.1) is 6.04 Å². The van der Waals surface area contributed by atoms with Crippen LogP contribution < -0.4 is 5.84 Å². The van der Waals surface area contributed by atoms with Crippen LogP contribution in [0, 0.1) is 0 Å². The lowest BCUT2D eigenvalue weighted by molar-refractivity contribution is -0.175. The van der Waals surface area contributed by atoms with E-state index in [4.69, 9.17) is 15.7 Å². The van der Waals surface area contributed by atoms with Crippen LogP contribution in [0.15, 0.2) is 24.3 Å². The van der Waals surface area contributed by atoms with Crippen LogP contribution in [0.5, 0.6) is 0 Å². The van der Waals surface area contributed by atoms with Crippen molar-refractivity contribution < 1.29 is 29.6 Å². The highest BCUT2D eigenvalue weighted by Gasteiger charge is 2.40. The molecular weight excluding hydrogens is 292 g/mol. The Labute approximate surface area is 126 Å². The third-order valence-electron chi connectivity index (χ3n) is 3.70. The average Bonchev–Trinajstić information content (AvgIpc) is 2.84. The first-order valence-electron chi connectivity index (χ1n) is 6.67. The summed E-state index contributed by atoms with van der Waals surface area (Å²) in [5, 5.41) is 28.8. The fourth-order valence-corrected chi connectivity index (χ4v) is 2.50. The van der Waals surface area contributed by atoms with Gasteiger partial charge in [0, 0.05) is 7.05 Å². The quantitative estimate of drug-likeness (QED) is 0.303. The number of nitrogens with two attached hydrogens (primary N) is 1. The number of nitrogens with zero attached hydrogens (tertiary/aromatic N) is 1. The Morgan fingerprint density at radius 2 is 1.95 bits per heavy atom. The van der Waals surface area contributed by atoms with Gasteiger partial charge in [0.1, 0.15) is 6.10 Å². The fraction of sp³-hybridized carbons (Fsp3) is 0.429. The summed E-state index contributed by atoms with van der Waals surface area (Å²) < 4.78 is 5.21. The van der Waals surface area contributed by atoms with Gasteiger partial charge in [0.25, 0.3) is 0 Å². The molecule has 5 N–H and O–H groups in total. The van der Waals surface area contributed by atoms with E-state index in [1.807, 2.05) is 12.1 Å². The van der Waals surface area contributed by atoms with Crippen LogP contribution in [0.3, 0.4) is 0 Å². The lowest BCUT2D eigenvalue weighted by Crippen LogP contribution is -2.45. The minimum absolute atomic E-state index is 0.337. The van der Waals surface area contributed by atoms with E-state index in [9.17, 15) is 19.8 Å². The Morgan fingerprint density at radius 3 is 2.55 bits per heavy atom. The summed E-state index contributed by atoms with van der Waals surface area (Å²) in [5.41, 5.74) is 1.70. The second kappa shape index (κ2) is 6.41. The van der Waals surface area contributed by atoms with Gasteiger partial charge in [-0.2, -0.15) is 0 Å². The predicted molar refractivity (Wildman–Crippen MR) is 74.4 cm³/mol. The first-order valence-corrected chi connectivity index (χ1v) is 6.67. The topological polar surface area (TPSA) is 133 Å². The minimum Gasteiger partial charge on any atom is -0.479 e. The maximum absolute atomic E-state index is 11.9. The molecule has 0 aliphatic heterocycles. The van der Waals surface area contributed by atoms with Gasteiger partial charge in [0.2, 0.25) is 0 Å². The van der Waals surface area contributed by atoms with Gasteiger partial charge < -0.3 is 20.1 Å². The second-order valence-corrected chi connectivity index (χ2v) is 5.22. The molecule has 8 nitrogen and oxygen atoms in total. The summed E-state index contributed by atoms with van der Waals surface area (Å²) in [5.74, 6) is 2.85. The molecular formula is C14H18N2O6. The van der Waals surface area contributed by atoms with Gasteiger partial charge >= 0.3 is 11.9 Å². The molecule has 0 saturated carbocycles. The Kier molecular flexibility index (Phi) is 4.77. The molecule has 2 rings (SSSR count). The number of rotatable bonds is 5. The Hall–Kier alpha value is -2.00. The average molecular weight is 310 g/mol. The van der Waals surface area contributed by atoms with Crippen molar-refractivity contribution in [3.8, 4) is 0 Å². The van der Waals surface area contributed by atoms with Crippen molar-refractivity contribution in [2.24, 2.45) is 5.84 Å². The summed E-state index contributed by atoms with van der Waals surface area (Å²) in [6, 6.07) is 6.94. The molecule has 0 fully saturated rings. The van der Waals surface area contributed by atoms with E-state index >= 15 is 0 Å². The number of ether oxygens (including phenoxy) is 1. The number of fused-ring (bicyclic) bond motifs is 1. The van der Waals surface area contributed by atoms with Crippen molar-refractivity contribution in [1.82, 2.24) is 5.01 Å². The number of carbonyl (C=O) groups is 2. The molecule has 1 aromatic carbocycles. The number of hydrazine groups is 1. The van der Waals surface area contributed by atoms with Crippen molar-refractivity contribution in [2.45, 2.75) is 30.8 Å². The van der Waals surface area contributed by atoms with Crippen LogP contribution in [0.25, 0.3) is 0 Å². The fourth-order valence-electron chi connectivity index (χ4n) is 2.50. The molecule has 0 bridgehead atoms. The van der Waals surface area contributed by atoms with Gasteiger partial charge in [-0.3, -0.25) is 5.84 Å². The van der Waals surface area contributed by atoms with E-state index in [0.29, 0.717) is 6.42 Å². The minimum atomic E-state index is -2.24. The first-order chi connectivity index (χ1) is 10.3. The molecule has 120 valence electrons. The van der Waals surface area contributed by atoms with Crippen molar-refractivity contribution in [2.75, 3.05) is 7.05 Å². The maximum Gasteiger partial charge on any atom is 0.339 e. The normalized spacial score (nSPS) is 23.0. The number of aliphatic hydroxyl groups is 2. The number of carboxylic acids is 1. The molecule has 8 heteroatoms. The highest BCUT2D eigenvalue weighted by atomic mass is 16.6. The highest BCUT2D eigenvalue weighted by molar-refractivity contribution is 5.84. The van der Waals surface area contributed by atoms with Gasteiger partial charge in [-0.15, -0.1) is 0 Å². The largest absolute Gasteiger partial charge is 0.479 e. The Morgan fingerprint density at radius 1 is 1.32 bits per heavy atom. The lowest BCUT2D eigenvalue weighted by Gasteiger charge is -2.27. The number of aliphatic carboxylic acids is 1. The molecule has 0 heterocycles. The van der Waals surface area contributed by atoms with Crippen molar-refractivity contribution >= 4 is 11.9 Å². The van der Waals surface area contributed by atoms with Crippen LogP contribution >= 0.6 is 0 Å². The van der Waals surface area contributed by atoms with Gasteiger partial charge in [-0.1, -0.05) is 24.3 Å².